The van der Waals surface area contributed by atoms with Crippen LogP contribution >= 0.6 is 10.7 Å². The summed E-state index contributed by atoms with van der Waals surface area (Å²) >= 11 is 0. The first-order chi connectivity index (χ1) is 8.22. The topological polar surface area (TPSA) is 83.6 Å². The van der Waals surface area contributed by atoms with Gasteiger partial charge in [0.15, 0.2) is 0 Å². The Morgan fingerprint density at radius 3 is 2.00 bits per heavy atom. The van der Waals surface area contributed by atoms with E-state index < -0.39 is 19.3 Å². The number of hydrogen-bond acceptors (Lipinski definition) is 4. The number of anilines is 1. The van der Waals surface area contributed by atoms with Gasteiger partial charge in [0.1, 0.15) is 0 Å². The van der Waals surface area contributed by atoms with Gasteiger partial charge < -0.3 is 0 Å². The summed E-state index contributed by atoms with van der Waals surface area (Å²) in [4.78, 5) is -0.0779. The Morgan fingerprint density at radius 2 is 1.67 bits per heavy atom. The fourth-order valence-electron chi connectivity index (χ4n) is 1.38. The fraction of sp³-hybridized carbons (Fsp3) is 0.333. The first-order valence-electron chi connectivity index (χ1n) is 4.98. The Bertz CT molecular complexity index is 610. The molecule has 0 atom stereocenters. The van der Waals surface area contributed by atoms with Gasteiger partial charge in [-0.2, -0.15) is 8.42 Å². The number of nitrogens with one attached hydrogen (secondary N) is 1. The summed E-state index contributed by atoms with van der Waals surface area (Å²) in [5, 5.41) is 0. The van der Waals surface area contributed by atoms with E-state index >= 15 is 0 Å². The van der Waals surface area contributed by atoms with Crippen molar-refractivity contribution in [3.8, 4) is 0 Å². The number of rotatable bonds is 5. The minimum atomic E-state index is -3.80. The lowest BCUT2D eigenvalue weighted by Crippen LogP contribution is -2.38. The van der Waals surface area contributed by atoms with Gasteiger partial charge in [0.05, 0.1) is 10.6 Å². The first kappa shape index (κ1) is 15.2. The van der Waals surface area contributed by atoms with Crippen LogP contribution in [0.2, 0.25) is 0 Å². The summed E-state index contributed by atoms with van der Waals surface area (Å²) in [6.45, 7) is 1.89. The molecule has 0 amide bonds. The van der Waals surface area contributed by atoms with Crippen molar-refractivity contribution in [3.63, 3.8) is 0 Å². The molecule has 0 spiro atoms. The van der Waals surface area contributed by atoms with E-state index in [0.717, 1.165) is 4.31 Å². The van der Waals surface area contributed by atoms with E-state index in [1.165, 1.54) is 31.3 Å². The molecule has 0 saturated carbocycles. The van der Waals surface area contributed by atoms with Crippen molar-refractivity contribution < 1.29 is 16.8 Å². The third kappa shape index (κ3) is 3.35. The number of benzene rings is 1. The molecule has 0 saturated heterocycles. The lowest BCUT2D eigenvalue weighted by molar-refractivity contribution is 0.584. The van der Waals surface area contributed by atoms with Crippen molar-refractivity contribution in [2.45, 2.75) is 11.8 Å². The highest BCUT2D eigenvalue weighted by Gasteiger charge is 2.19. The lowest BCUT2D eigenvalue weighted by Gasteiger charge is -2.21. The molecule has 0 aliphatic rings. The predicted molar refractivity (Wildman–Crippen MR) is 70.5 cm³/mol. The number of halogens is 1. The van der Waals surface area contributed by atoms with Crippen molar-refractivity contribution in [3.05, 3.63) is 24.3 Å². The Labute approximate surface area is 111 Å². The summed E-state index contributed by atoms with van der Waals surface area (Å²) in [7, 11) is -0.945. The largest absolute Gasteiger partial charge is 0.301 e. The summed E-state index contributed by atoms with van der Waals surface area (Å²) in [5.74, 6) is 0. The summed E-state index contributed by atoms with van der Waals surface area (Å²) < 4.78 is 48.8. The van der Waals surface area contributed by atoms with Crippen LogP contribution in [-0.2, 0) is 19.3 Å². The van der Waals surface area contributed by atoms with Crippen LogP contribution in [-0.4, -0.2) is 30.4 Å². The van der Waals surface area contributed by atoms with Crippen LogP contribution in [0.15, 0.2) is 29.2 Å². The minimum Gasteiger partial charge on any atom is -0.258 e. The van der Waals surface area contributed by atoms with Gasteiger partial charge in [0.25, 0.3) is 9.05 Å². The average Bonchev–Trinajstić information content (AvgIpc) is 2.29. The molecule has 0 fully saturated rings. The quantitative estimate of drug-likeness (QED) is 0.819. The number of hydrogen-bond donors (Lipinski definition) is 1. The van der Waals surface area contributed by atoms with Crippen molar-refractivity contribution >= 4 is 35.6 Å². The molecule has 1 rings (SSSR count). The van der Waals surface area contributed by atoms with Crippen LogP contribution < -0.4 is 9.03 Å². The molecule has 0 unspecified atom stereocenters. The Morgan fingerprint density at radius 1 is 1.17 bits per heavy atom. The highest BCUT2D eigenvalue weighted by atomic mass is 35.7. The Balaban J connectivity index is 3.19. The van der Waals surface area contributed by atoms with Gasteiger partial charge in [-0.25, -0.2) is 13.1 Å². The van der Waals surface area contributed by atoms with E-state index in [1.54, 1.807) is 6.92 Å². The maximum Gasteiger partial charge on any atom is 0.301 e. The molecule has 0 aromatic heterocycles. The predicted octanol–water partition coefficient (Wildman–Crippen LogP) is 0.905. The Kier molecular flexibility index (Phi) is 4.60. The molecule has 18 heavy (non-hydrogen) atoms. The molecule has 6 nitrogen and oxygen atoms in total. The Hall–Kier alpha value is -0.830. The monoisotopic (exact) mass is 312 g/mol. The summed E-state index contributed by atoms with van der Waals surface area (Å²) in [6, 6.07) is 5.28. The molecule has 102 valence electrons. The van der Waals surface area contributed by atoms with Gasteiger partial charge in [-0.15, -0.1) is 0 Å². The summed E-state index contributed by atoms with van der Waals surface area (Å²) in [5.41, 5.74) is 0.357. The zero-order chi connectivity index (χ0) is 14.0. The molecule has 0 radical (unpaired) electrons. The van der Waals surface area contributed by atoms with Crippen LogP contribution in [0.3, 0.4) is 0 Å². The SMILES string of the molecule is CCN(c1ccc(S(=O)(=O)Cl)cc1)S(=O)(=O)NC. The number of nitrogens with zero attached hydrogens (tertiary/aromatic N) is 1. The highest BCUT2D eigenvalue weighted by molar-refractivity contribution is 8.13. The van der Waals surface area contributed by atoms with Crippen LogP contribution in [0.5, 0.6) is 0 Å². The van der Waals surface area contributed by atoms with Gasteiger partial charge in [0, 0.05) is 24.3 Å². The van der Waals surface area contributed by atoms with Gasteiger partial charge in [-0.1, -0.05) is 0 Å². The molecule has 0 bridgehead atoms. The van der Waals surface area contributed by atoms with E-state index in [1.807, 2.05) is 0 Å². The second-order valence-electron chi connectivity index (χ2n) is 3.31. The van der Waals surface area contributed by atoms with Crippen LogP contribution in [0, 0.1) is 0 Å². The van der Waals surface area contributed by atoms with Crippen molar-refractivity contribution in [2.75, 3.05) is 17.9 Å². The van der Waals surface area contributed by atoms with Gasteiger partial charge in [-0.3, -0.25) is 4.31 Å². The molecule has 9 heteroatoms. The second-order valence-corrected chi connectivity index (χ2v) is 7.67. The zero-order valence-corrected chi connectivity index (χ0v) is 12.2. The van der Waals surface area contributed by atoms with Crippen molar-refractivity contribution in [1.82, 2.24) is 4.72 Å². The van der Waals surface area contributed by atoms with Gasteiger partial charge in [-0.05, 0) is 31.2 Å². The fourth-order valence-corrected chi connectivity index (χ4v) is 3.11. The lowest BCUT2D eigenvalue weighted by atomic mass is 10.3. The zero-order valence-electron chi connectivity index (χ0n) is 9.79. The maximum absolute atomic E-state index is 11.7. The molecule has 1 N–H and O–H groups in total. The third-order valence-electron chi connectivity index (χ3n) is 2.24. The standard InChI is InChI=1S/C9H13ClN2O4S2/c1-3-12(18(15,16)11-2)8-4-6-9(7-5-8)17(10,13)14/h4-7,11H,3H2,1-2H3. The molecule has 1 aromatic carbocycles. The molecule has 0 aliphatic heterocycles. The molecular formula is C9H13ClN2O4S2. The maximum atomic E-state index is 11.7. The van der Waals surface area contributed by atoms with E-state index in [-0.39, 0.29) is 11.4 Å². The van der Waals surface area contributed by atoms with Crippen LogP contribution in [0.25, 0.3) is 0 Å². The smallest absolute Gasteiger partial charge is 0.258 e. The molecule has 0 heterocycles. The average molecular weight is 313 g/mol. The molecular weight excluding hydrogens is 300 g/mol. The van der Waals surface area contributed by atoms with E-state index in [9.17, 15) is 16.8 Å². The minimum absolute atomic E-state index is 0.0779. The van der Waals surface area contributed by atoms with E-state index in [0.29, 0.717) is 5.69 Å². The molecule has 1 aromatic rings. The summed E-state index contributed by atoms with van der Waals surface area (Å²) in [6.07, 6.45) is 0. The van der Waals surface area contributed by atoms with Crippen molar-refractivity contribution in [1.29, 1.82) is 0 Å². The molecule has 0 aliphatic carbocycles. The normalized spacial score (nSPS) is 12.4. The van der Waals surface area contributed by atoms with Gasteiger partial charge in [0.2, 0.25) is 0 Å². The van der Waals surface area contributed by atoms with E-state index in [4.69, 9.17) is 10.7 Å². The van der Waals surface area contributed by atoms with E-state index in [2.05, 4.69) is 4.72 Å². The van der Waals surface area contributed by atoms with Crippen LogP contribution in [0.1, 0.15) is 6.92 Å². The third-order valence-corrected chi connectivity index (χ3v) is 5.18. The highest BCUT2D eigenvalue weighted by Crippen LogP contribution is 2.21. The van der Waals surface area contributed by atoms with Crippen LogP contribution in [0.4, 0.5) is 5.69 Å². The second kappa shape index (κ2) is 5.43. The van der Waals surface area contributed by atoms with Crippen molar-refractivity contribution in [2.24, 2.45) is 0 Å². The first-order valence-corrected chi connectivity index (χ1v) is 8.73. The van der Waals surface area contributed by atoms with Gasteiger partial charge >= 0.3 is 10.2 Å².